The third-order valence-electron chi connectivity index (χ3n) is 3.73. The predicted molar refractivity (Wildman–Crippen MR) is 111 cm³/mol. The summed E-state index contributed by atoms with van der Waals surface area (Å²) in [5.74, 6) is 0.823. The van der Waals surface area contributed by atoms with Gasteiger partial charge in [-0.1, -0.05) is 44.0 Å². The number of carbonyl (C=O) groups excluding carboxylic acids is 2. The fourth-order valence-corrected chi connectivity index (χ4v) is 3.46. The van der Waals surface area contributed by atoms with Gasteiger partial charge in [0.15, 0.2) is 0 Å². The van der Waals surface area contributed by atoms with E-state index in [0.717, 1.165) is 25.8 Å². The molecule has 0 aliphatic carbocycles. The molecule has 28 heavy (non-hydrogen) atoms. The van der Waals surface area contributed by atoms with Gasteiger partial charge in [0.05, 0.1) is 20.3 Å². The highest BCUT2D eigenvalue weighted by atomic mass is 79.9. The Hall–Kier alpha value is -2.06. The van der Waals surface area contributed by atoms with E-state index < -0.39 is 6.16 Å². The van der Waals surface area contributed by atoms with Crippen LogP contribution in [-0.2, 0) is 27.1 Å². The minimum absolute atomic E-state index is 0.177. The second-order valence-electron chi connectivity index (χ2n) is 5.75. The van der Waals surface area contributed by atoms with E-state index >= 15 is 0 Å². The van der Waals surface area contributed by atoms with E-state index in [1.165, 1.54) is 6.92 Å². The second kappa shape index (κ2) is 11.1. The molecule has 0 aromatic heterocycles. The van der Waals surface area contributed by atoms with Gasteiger partial charge in [0.2, 0.25) is 0 Å². The molecule has 2 aromatic rings. The van der Waals surface area contributed by atoms with E-state index in [1.807, 2.05) is 18.2 Å². The van der Waals surface area contributed by atoms with Crippen LogP contribution in [0.4, 0.5) is 4.79 Å². The summed E-state index contributed by atoms with van der Waals surface area (Å²) in [6.07, 6.45) is 0.348. The van der Waals surface area contributed by atoms with Crippen LogP contribution < -0.4 is 9.47 Å². The predicted octanol–water partition coefficient (Wildman–Crippen LogP) is 5.08. The van der Waals surface area contributed by atoms with Crippen molar-refractivity contribution in [3.05, 3.63) is 56.5 Å². The van der Waals surface area contributed by atoms with Gasteiger partial charge in [0, 0.05) is 28.7 Å². The molecule has 0 fully saturated rings. The molecule has 0 atom stereocenters. The van der Waals surface area contributed by atoms with Gasteiger partial charge in [-0.2, -0.15) is 0 Å². The van der Waals surface area contributed by atoms with Gasteiger partial charge >= 0.3 is 12.1 Å². The lowest BCUT2D eigenvalue weighted by Gasteiger charge is -2.10. The van der Waals surface area contributed by atoms with Crippen LogP contribution in [0.2, 0.25) is 0 Å². The van der Waals surface area contributed by atoms with Crippen LogP contribution in [0.5, 0.6) is 11.5 Å². The molecule has 0 heterocycles. The highest BCUT2D eigenvalue weighted by Crippen LogP contribution is 2.24. The Labute approximate surface area is 180 Å². The minimum atomic E-state index is -0.711. The fourth-order valence-electron chi connectivity index (χ4n) is 2.35. The van der Waals surface area contributed by atoms with E-state index in [9.17, 15) is 9.59 Å². The summed E-state index contributed by atoms with van der Waals surface area (Å²) in [6, 6.07) is 10.8. The van der Waals surface area contributed by atoms with Crippen LogP contribution in [0.3, 0.4) is 0 Å². The number of benzene rings is 2. The molecule has 150 valence electrons. The zero-order valence-electron chi connectivity index (χ0n) is 15.5. The van der Waals surface area contributed by atoms with E-state index in [-0.39, 0.29) is 19.2 Å². The van der Waals surface area contributed by atoms with Crippen LogP contribution in [0.1, 0.15) is 18.1 Å². The monoisotopic (exact) mass is 514 g/mol. The highest BCUT2D eigenvalue weighted by Gasteiger charge is 2.09. The first kappa shape index (κ1) is 22.2. The molecule has 0 spiro atoms. The highest BCUT2D eigenvalue weighted by molar-refractivity contribution is 9.10. The van der Waals surface area contributed by atoms with Crippen molar-refractivity contribution >= 4 is 44.0 Å². The molecular formula is C20H20Br2O6. The van der Waals surface area contributed by atoms with Gasteiger partial charge in [-0.05, 0) is 35.4 Å². The maximum Gasteiger partial charge on any atom is 0.508 e. The molecule has 8 heteroatoms. The van der Waals surface area contributed by atoms with Gasteiger partial charge < -0.3 is 18.9 Å². The summed E-state index contributed by atoms with van der Waals surface area (Å²) in [6.45, 7) is 1.73. The summed E-state index contributed by atoms with van der Waals surface area (Å²) in [7, 11) is 1.60. The number of hydrogen-bond acceptors (Lipinski definition) is 6. The average Bonchev–Trinajstić information content (AvgIpc) is 2.64. The second-order valence-corrected chi connectivity index (χ2v) is 7.46. The molecule has 0 aliphatic rings. The van der Waals surface area contributed by atoms with Crippen molar-refractivity contribution < 1.29 is 28.5 Å². The first-order valence-electron chi connectivity index (χ1n) is 8.48. The maximum absolute atomic E-state index is 11.7. The molecule has 2 aromatic carbocycles. The zero-order valence-corrected chi connectivity index (χ0v) is 18.7. The fraction of sp³-hybridized carbons (Fsp3) is 0.300. The van der Waals surface area contributed by atoms with Gasteiger partial charge in [-0.25, -0.2) is 4.79 Å². The zero-order chi connectivity index (χ0) is 20.5. The lowest BCUT2D eigenvalue weighted by atomic mass is 10.1. The first-order chi connectivity index (χ1) is 13.4. The van der Waals surface area contributed by atoms with Crippen molar-refractivity contribution in [1.82, 2.24) is 0 Å². The number of hydrogen-bond donors (Lipinski definition) is 0. The summed E-state index contributed by atoms with van der Waals surface area (Å²) < 4.78 is 22.0. The Morgan fingerprint density at radius 1 is 0.857 bits per heavy atom. The molecule has 0 amide bonds. The topological polar surface area (TPSA) is 71.1 Å². The van der Waals surface area contributed by atoms with Gasteiger partial charge in [-0.15, -0.1) is 0 Å². The summed E-state index contributed by atoms with van der Waals surface area (Å²) >= 11 is 6.88. The quantitative estimate of drug-likeness (QED) is 0.360. The normalized spacial score (nSPS) is 10.3. The van der Waals surface area contributed by atoms with Crippen molar-refractivity contribution in [2.75, 3.05) is 20.3 Å². The van der Waals surface area contributed by atoms with Crippen LogP contribution in [-0.4, -0.2) is 32.4 Å². The molecule has 0 unspecified atom stereocenters. The number of ether oxygens (including phenoxy) is 4. The molecule has 0 aliphatic heterocycles. The summed E-state index contributed by atoms with van der Waals surface area (Å²) in [5, 5.41) is 0. The number of methoxy groups -OCH3 is 1. The maximum atomic E-state index is 11.7. The van der Waals surface area contributed by atoms with Crippen molar-refractivity contribution in [3.63, 3.8) is 0 Å². The lowest BCUT2D eigenvalue weighted by Crippen LogP contribution is -2.12. The van der Waals surface area contributed by atoms with Crippen molar-refractivity contribution in [2.45, 2.75) is 19.8 Å². The lowest BCUT2D eigenvalue weighted by molar-refractivity contribution is -0.131. The van der Waals surface area contributed by atoms with E-state index in [1.54, 1.807) is 25.3 Å². The van der Waals surface area contributed by atoms with Gasteiger partial charge in [0.1, 0.15) is 11.5 Å². The number of esters is 1. The van der Waals surface area contributed by atoms with Crippen molar-refractivity contribution in [1.29, 1.82) is 0 Å². The van der Waals surface area contributed by atoms with E-state index in [4.69, 9.17) is 18.9 Å². The largest absolute Gasteiger partial charge is 0.508 e. The van der Waals surface area contributed by atoms with Crippen LogP contribution in [0.25, 0.3) is 0 Å². The molecule has 2 rings (SSSR count). The van der Waals surface area contributed by atoms with Crippen molar-refractivity contribution in [3.8, 4) is 11.5 Å². The number of halogens is 2. The molecular weight excluding hydrogens is 496 g/mol. The van der Waals surface area contributed by atoms with Crippen LogP contribution >= 0.6 is 31.9 Å². The number of rotatable bonds is 8. The standard InChI is InChI=1S/C20H20Br2O6/c1-13(23)28-17-6-4-15(19(22)12-17)8-10-27-20(24)26-9-7-14-3-5-16(25-2)11-18(14)21/h3-6,11-12H,7-10H2,1-2H3. The van der Waals surface area contributed by atoms with Crippen LogP contribution in [0.15, 0.2) is 45.3 Å². The Kier molecular flexibility index (Phi) is 8.79. The average molecular weight is 516 g/mol. The van der Waals surface area contributed by atoms with Crippen molar-refractivity contribution in [2.24, 2.45) is 0 Å². The SMILES string of the molecule is COc1ccc(CCOC(=O)OCCc2ccc(OC(C)=O)cc2Br)c(Br)c1. The summed E-state index contributed by atoms with van der Waals surface area (Å²) in [5.41, 5.74) is 1.93. The molecule has 0 radical (unpaired) electrons. The molecule has 0 saturated heterocycles. The molecule has 0 saturated carbocycles. The summed E-state index contributed by atoms with van der Waals surface area (Å²) in [4.78, 5) is 22.7. The molecule has 0 bridgehead atoms. The molecule has 6 nitrogen and oxygen atoms in total. The van der Waals surface area contributed by atoms with E-state index in [2.05, 4.69) is 31.9 Å². The van der Waals surface area contributed by atoms with E-state index in [0.29, 0.717) is 18.6 Å². The Morgan fingerprint density at radius 3 is 1.82 bits per heavy atom. The smallest absolute Gasteiger partial charge is 0.497 e. The minimum Gasteiger partial charge on any atom is -0.497 e. The number of carbonyl (C=O) groups is 2. The third-order valence-corrected chi connectivity index (χ3v) is 5.21. The Morgan fingerprint density at radius 2 is 1.36 bits per heavy atom. The Balaban J connectivity index is 1.72. The van der Waals surface area contributed by atoms with Crippen LogP contribution in [0, 0.1) is 0 Å². The van der Waals surface area contributed by atoms with Gasteiger partial charge in [0.25, 0.3) is 0 Å². The Bertz CT molecular complexity index is 837. The molecule has 0 N–H and O–H groups in total. The first-order valence-corrected chi connectivity index (χ1v) is 10.1. The van der Waals surface area contributed by atoms with Gasteiger partial charge in [-0.3, -0.25) is 4.79 Å². The third kappa shape index (κ3) is 7.16.